The van der Waals surface area contributed by atoms with E-state index in [-0.39, 0.29) is 18.3 Å². The van der Waals surface area contributed by atoms with E-state index < -0.39 is 0 Å². The van der Waals surface area contributed by atoms with Crippen molar-refractivity contribution in [1.29, 1.82) is 0 Å². The summed E-state index contributed by atoms with van der Waals surface area (Å²) in [6.45, 7) is 2.01. The Labute approximate surface area is 127 Å². The summed E-state index contributed by atoms with van der Waals surface area (Å²) in [4.78, 5) is 13.8. The lowest BCUT2D eigenvalue weighted by Crippen LogP contribution is -2.22. The summed E-state index contributed by atoms with van der Waals surface area (Å²) < 4.78 is 0. The van der Waals surface area contributed by atoms with Crippen LogP contribution >= 0.6 is 11.3 Å². The molecule has 2 rings (SSSR count). The van der Waals surface area contributed by atoms with E-state index in [1.807, 2.05) is 12.1 Å². The molecule has 1 aromatic carbocycles. The Morgan fingerprint density at radius 3 is 2.86 bits per heavy atom. The minimum absolute atomic E-state index is 0.111. The van der Waals surface area contributed by atoms with Gasteiger partial charge in [-0.2, -0.15) is 0 Å². The van der Waals surface area contributed by atoms with Crippen LogP contribution in [-0.2, 0) is 6.54 Å². The molecule has 0 aliphatic carbocycles. The number of aliphatic hydroxyl groups excluding tert-OH is 1. The standard InChI is InChI=1S/C16H15NO3S/c1-11-4-5-12(9-15(11)19)16(20)17-10-14-7-6-13(21-14)3-2-8-18/h4-7,9,18-19H,8,10H2,1H3,(H,17,20). The van der Waals surface area contributed by atoms with Crippen molar-refractivity contribution < 1.29 is 15.0 Å². The number of carbonyl (C=O) groups excluding carboxylic acids is 1. The number of aliphatic hydroxyl groups is 1. The van der Waals surface area contributed by atoms with Gasteiger partial charge in [0.05, 0.1) is 11.4 Å². The van der Waals surface area contributed by atoms with E-state index in [0.717, 1.165) is 15.3 Å². The van der Waals surface area contributed by atoms with Crippen LogP contribution in [-0.4, -0.2) is 22.7 Å². The number of aromatic hydroxyl groups is 1. The zero-order valence-electron chi connectivity index (χ0n) is 11.5. The topological polar surface area (TPSA) is 69.6 Å². The number of thiophene rings is 1. The van der Waals surface area contributed by atoms with Crippen LogP contribution in [0.3, 0.4) is 0 Å². The van der Waals surface area contributed by atoms with E-state index in [4.69, 9.17) is 5.11 Å². The van der Waals surface area contributed by atoms with Gasteiger partial charge in [0.15, 0.2) is 0 Å². The predicted octanol–water partition coefficient (Wildman–Crippen LogP) is 2.04. The van der Waals surface area contributed by atoms with E-state index in [1.165, 1.54) is 17.4 Å². The Morgan fingerprint density at radius 1 is 1.33 bits per heavy atom. The van der Waals surface area contributed by atoms with Crippen molar-refractivity contribution in [2.75, 3.05) is 6.61 Å². The molecular weight excluding hydrogens is 286 g/mol. The highest BCUT2D eigenvalue weighted by Gasteiger charge is 2.08. The van der Waals surface area contributed by atoms with Gasteiger partial charge < -0.3 is 15.5 Å². The quantitative estimate of drug-likeness (QED) is 0.760. The van der Waals surface area contributed by atoms with E-state index in [2.05, 4.69) is 17.2 Å². The van der Waals surface area contributed by atoms with Gasteiger partial charge >= 0.3 is 0 Å². The first-order chi connectivity index (χ1) is 10.1. The van der Waals surface area contributed by atoms with Crippen molar-refractivity contribution in [3.63, 3.8) is 0 Å². The lowest BCUT2D eigenvalue weighted by molar-refractivity contribution is 0.0951. The molecule has 0 fully saturated rings. The fourth-order valence-electron chi connectivity index (χ4n) is 1.69. The summed E-state index contributed by atoms with van der Waals surface area (Å²) in [6.07, 6.45) is 0. The molecule has 3 N–H and O–H groups in total. The molecule has 1 amide bonds. The highest BCUT2D eigenvalue weighted by molar-refractivity contribution is 7.12. The molecular formula is C16H15NO3S. The van der Waals surface area contributed by atoms with Gasteiger partial charge in [-0.1, -0.05) is 17.9 Å². The molecule has 0 atom stereocenters. The number of nitrogens with one attached hydrogen (secondary N) is 1. The SMILES string of the molecule is Cc1ccc(C(=O)NCc2ccc(C#CCO)s2)cc1O. The molecule has 0 spiro atoms. The maximum absolute atomic E-state index is 12.0. The van der Waals surface area contributed by atoms with Crippen LogP contribution in [0.5, 0.6) is 5.75 Å². The van der Waals surface area contributed by atoms with E-state index in [1.54, 1.807) is 19.1 Å². The van der Waals surface area contributed by atoms with Crippen molar-refractivity contribution in [3.8, 4) is 17.6 Å². The second-order valence-electron chi connectivity index (χ2n) is 4.41. The number of amides is 1. The van der Waals surface area contributed by atoms with Gasteiger partial charge in [0.2, 0.25) is 0 Å². The zero-order chi connectivity index (χ0) is 15.2. The molecule has 0 bridgehead atoms. The number of rotatable bonds is 3. The van der Waals surface area contributed by atoms with E-state index in [9.17, 15) is 9.90 Å². The second-order valence-corrected chi connectivity index (χ2v) is 5.58. The maximum Gasteiger partial charge on any atom is 0.251 e. The lowest BCUT2D eigenvalue weighted by atomic mass is 10.1. The summed E-state index contributed by atoms with van der Waals surface area (Å²) in [5, 5.41) is 21.0. The Morgan fingerprint density at radius 2 is 2.14 bits per heavy atom. The molecule has 1 heterocycles. The number of hydrogen-bond donors (Lipinski definition) is 3. The van der Waals surface area contributed by atoms with Gasteiger partial charge in [0.1, 0.15) is 12.4 Å². The number of phenolic OH excluding ortho intramolecular Hbond substituents is 1. The molecule has 0 aliphatic heterocycles. The molecule has 0 aliphatic rings. The summed E-state index contributed by atoms with van der Waals surface area (Å²) in [5.74, 6) is 5.28. The third kappa shape index (κ3) is 4.09. The summed E-state index contributed by atoms with van der Waals surface area (Å²) in [6, 6.07) is 8.58. The third-order valence-corrected chi connectivity index (χ3v) is 3.85. The van der Waals surface area contributed by atoms with Gasteiger partial charge in [-0.05, 0) is 36.8 Å². The molecule has 21 heavy (non-hydrogen) atoms. The fourth-order valence-corrected chi connectivity index (χ4v) is 2.51. The number of carbonyl (C=O) groups is 1. The molecule has 5 heteroatoms. The Hall–Kier alpha value is -2.29. The highest BCUT2D eigenvalue weighted by Crippen LogP contribution is 2.18. The van der Waals surface area contributed by atoms with Crippen molar-refractivity contribution in [2.24, 2.45) is 0 Å². The second kappa shape index (κ2) is 6.93. The fraction of sp³-hybridized carbons (Fsp3) is 0.188. The first kappa shape index (κ1) is 15.1. The van der Waals surface area contributed by atoms with Crippen LogP contribution in [0.15, 0.2) is 30.3 Å². The number of aryl methyl sites for hydroxylation is 1. The van der Waals surface area contributed by atoms with Crippen LogP contribution in [0, 0.1) is 18.8 Å². The van der Waals surface area contributed by atoms with Crippen LogP contribution in [0.1, 0.15) is 25.7 Å². The first-order valence-electron chi connectivity index (χ1n) is 6.36. The van der Waals surface area contributed by atoms with Crippen LogP contribution in [0.2, 0.25) is 0 Å². The summed E-state index contributed by atoms with van der Waals surface area (Å²) in [7, 11) is 0. The van der Waals surface area contributed by atoms with Gasteiger partial charge in [-0.25, -0.2) is 0 Å². The smallest absolute Gasteiger partial charge is 0.251 e. The maximum atomic E-state index is 12.0. The third-order valence-electron chi connectivity index (χ3n) is 2.85. The Balaban J connectivity index is 1.97. The number of hydrogen-bond acceptors (Lipinski definition) is 4. The molecule has 0 radical (unpaired) electrons. The van der Waals surface area contributed by atoms with Crippen LogP contribution in [0.25, 0.3) is 0 Å². The van der Waals surface area contributed by atoms with Crippen molar-refractivity contribution in [2.45, 2.75) is 13.5 Å². The average molecular weight is 301 g/mol. The minimum Gasteiger partial charge on any atom is -0.508 e. The molecule has 0 saturated carbocycles. The molecule has 4 nitrogen and oxygen atoms in total. The molecule has 0 unspecified atom stereocenters. The molecule has 0 saturated heterocycles. The monoisotopic (exact) mass is 301 g/mol. The van der Waals surface area contributed by atoms with E-state index in [0.29, 0.717) is 12.1 Å². The highest BCUT2D eigenvalue weighted by atomic mass is 32.1. The summed E-state index contributed by atoms with van der Waals surface area (Å²) >= 11 is 1.47. The zero-order valence-corrected chi connectivity index (χ0v) is 12.3. The van der Waals surface area contributed by atoms with Gasteiger partial charge in [-0.15, -0.1) is 11.3 Å². The van der Waals surface area contributed by atoms with Crippen LogP contribution in [0.4, 0.5) is 0 Å². The van der Waals surface area contributed by atoms with Gasteiger partial charge in [0.25, 0.3) is 5.91 Å². The normalized spacial score (nSPS) is 9.81. The Bertz CT molecular complexity index is 710. The predicted molar refractivity (Wildman–Crippen MR) is 82.3 cm³/mol. The average Bonchev–Trinajstić information content (AvgIpc) is 2.93. The summed E-state index contributed by atoms with van der Waals surface area (Å²) in [5.41, 5.74) is 1.16. The number of benzene rings is 1. The largest absolute Gasteiger partial charge is 0.508 e. The minimum atomic E-state index is -0.235. The first-order valence-corrected chi connectivity index (χ1v) is 7.18. The Kier molecular flexibility index (Phi) is 4.99. The van der Waals surface area contributed by atoms with E-state index >= 15 is 0 Å². The molecule has 1 aromatic heterocycles. The molecule has 2 aromatic rings. The van der Waals surface area contributed by atoms with Gasteiger partial charge in [-0.3, -0.25) is 4.79 Å². The molecule has 108 valence electrons. The van der Waals surface area contributed by atoms with Crippen molar-refractivity contribution in [1.82, 2.24) is 5.32 Å². The van der Waals surface area contributed by atoms with Crippen molar-refractivity contribution >= 4 is 17.2 Å². The van der Waals surface area contributed by atoms with Crippen LogP contribution < -0.4 is 5.32 Å². The van der Waals surface area contributed by atoms with Gasteiger partial charge in [0, 0.05) is 10.4 Å². The number of phenols is 1. The van der Waals surface area contributed by atoms with Crippen molar-refractivity contribution in [3.05, 3.63) is 51.2 Å². The lowest BCUT2D eigenvalue weighted by Gasteiger charge is -2.05.